The molecule has 0 spiro atoms. The van der Waals surface area contributed by atoms with Crippen molar-refractivity contribution < 1.29 is 0 Å². The maximum atomic E-state index is 5.83. The Labute approximate surface area is 139 Å². The summed E-state index contributed by atoms with van der Waals surface area (Å²) in [4.78, 5) is 8.19. The number of nitrogens with two attached hydrogens (primary N) is 2. The lowest BCUT2D eigenvalue weighted by molar-refractivity contribution is 1.17. The van der Waals surface area contributed by atoms with Crippen LogP contribution in [-0.2, 0) is 0 Å². The largest absolute Gasteiger partial charge is 0.380 e. The summed E-state index contributed by atoms with van der Waals surface area (Å²) in [7, 11) is 0. The normalized spacial score (nSPS) is 13.9. The third-order valence-corrected chi connectivity index (χ3v) is 2.99. The number of pyridine rings is 2. The highest BCUT2D eigenvalue weighted by atomic mass is 15.3. The van der Waals surface area contributed by atoms with Gasteiger partial charge in [0.05, 0.1) is 11.4 Å². The van der Waals surface area contributed by atoms with Gasteiger partial charge >= 0.3 is 0 Å². The van der Waals surface area contributed by atoms with E-state index < -0.39 is 0 Å². The molecule has 0 aliphatic heterocycles. The van der Waals surface area contributed by atoms with Crippen LogP contribution in [0.5, 0.6) is 0 Å². The molecule has 2 rings (SSSR count). The SMILES string of the molecule is CC(=N/N=C(\N)c1ccccn1)/C(C)=N/N=C(\N)c1ccccn1. The molecule has 0 aliphatic rings. The Hall–Kier alpha value is -3.42. The third kappa shape index (κ3) is 4.80. The number of amidine groups is 2. The van der Waals surface area contributed by atoms with Gasteiger partial charge in [0.25, 0.3) is 0 Å². The monoisotopic (exact) mass is 322 g/mol. The number of hydrogen-bond donors (Lipinski definition) is 2. The average molecular weight is 322 g/mol. The highest BCUT2D eigenvalue weighted by Gasteiger charge is 2.01. The molecule has 8 nitrogen and oxygen atoms in total. The van der Waals surface area contributed by atoms with Gasteiger partial charge in [0.2, 0.25) is 0 Å². The lowest BCUT2D eigenvalue weighted by atomic mass is 10.3. The number of rotatable bonds is 5. The highest BCUT2D eigenvalue weighted by Crippen LogP contribution is 1.96. The maximum absolute atomic E-state index is 5.83. The van der Waals surface area contributed by atoms with Crippen LogP contribution in [0.15, 0.2) is 69.2 Å². The average Bonchev–Trinajstić information content (AvgIpc) is 2.64. The first kappa shape index (κ1) is 16.9. The molecule has 4 N–H and O–H groups in total. The zero-order chi connectivity index (χ0) is 17.4. The Balaban J connectivity index is 2.12. The van der Waals surface area contributed by atoms with Crippen LogP contribution in [0, 0.1) is 0 Å². The molecule has 0 bridgehead atoms. The van der Waals surface area contributed by atoms with Gasteiger partial charge in [-0.1, -0.05) is 12.1 Å². The zero-order valence-corrected chi connectivity index (χ0v) is 13.5. The van der Waals surface area contributed by atoms with Crippen molar-refractivity contribution in [1.82, 2.24) is 9.97 Å². The van der Waals surface area contributed by atoms with Crippen LogP contribution < -0.4 is 11.5 Å². The number of nitrogens with zero attached hydrogens (tertiary/aromatic N) is 6. The van der Waals surface area contributed by atoms with Crippen molar-refractivity contribution in [2.24, 2.45) is 31.9 Å². The first-order valence-corrected chi connectivity index (χ1v) is 7.16. The Bertz CT molecular complexity index is 722. The molecule has 8 heteroatoms. The van der Waals surface area contributed by atoms with E-state index in [4.69, 9.17) is 11.5 Å². The van der Waals surface area contributed by atoms with Gasteiger partial charge < -0.3 is 11.5 Å². The topological polar surface area (TPSA) is 127 Å². The van der Waals surface area contributed by atoms with Gasteiger partial charge in [-0.05, 0) is 38.1 Å². The van der Waals surface area contributed by atoms with Crippen molar-refractivity contribution in [2.75, 3.05) is 0 Å². The van der Waals surface area contributed by atoms with Gasteiger partial charge in [-0.15, -0.1) is 10.2 Å². The second kappa shape index (κ2) is 8.28. The standard InChI is InChI=1S/C16H18N8/c1-11(21-23-15(17)13-7-3-5-9-19-13)12(2)22-24-16(18)14-8-4-6-10-20-14/h3-10H,1-2H3,(H2,17,23)(H2,18,24)/b21-11-,22-12+. The van der Waals surface area contributed by atoms with Gasteiger partial charge in [-0.2, -0.15) is 10.2 Å². The van der Waals surface area contributed by atoms with Crippen LogP contribution >= 0.6 is 0 Å². The molecule has 2 aromatic heterocycles. The predicted molar refractivity (Wildman–Crippen MR) is 96.1 cm³/mol. The van der Waals surface area contributed by atoms with Crippen molar-refractivity contribution in [1.29, 1.82) is 0 Å². The van der Waals surface area contributed by atoms with E-state index in [2.05, 4.69) is 30.4 Å². The van der Waals surface area contributed by atoms with Gasteiger partial charge in [0.1, 0.15) is 11.4 Å². The summed E-state index contributed by atoms with van der Waals surface area (Å²) in [5.74, 6) is 0.443. The smallest absolute Gasteiger partial charge is 0.171 e. The molecular formula is C16H18N8. The summed E-state index contributed by atoms with van der Waals surface area (Å²) in [6.07, 6.45) is 3.27. The molecule has 122 valence electrons. The minimum absolute atomic E-state index is 0.222. The van der Waals surface area contributed by atoms with Gasteiger partial charge in [0, 0.05) is 12.4 Å². The fourth-order valence-corrected chi connectivity index (χ4v) is 1.53. The van der Waals surface area contributed by atoms with Crippen molar-refractivity contribution in [3.05, 3.63) is 60.2 Å². The summed E-state index contributed by atoms with van der Waals surface area (Å²) in [5, 5.41) is 16.0. The van der Waals surface area contributed by atoms with E-state index in [0.29, 0.717) is 22.8 Å². The molecule has 24 heavy (non-hydrogen) atoms. The summed E-state index contributed by atoms with van der Waals surface area (Å²) in [6.45, 7) is 3.50. The predicted octanol–water partition coefficient (Wildman–Crippen LogP) is 1.34. The third-order valence-electron chi connectivity index (χ3n) is 2.99. The van der Waals surface area contributed by atoms with E-state index in [0.717, 1.165) is 0 Å². The van der Waals surface area contributed by atoms with Gasteiger partial charge in [0.15, 0.2) is 11.7 Å². The Morgan fingerprint density at radius 1 is 0.708 bits per heavy atom. The molecule has 0 unspecified atom stereocenters. The molecular weight excluding hydrogens is 304 g/mol. The molecule has 0 amide bonds. The lowest BCUT2D eigenvalue weighted by Gasteiger charge is -1.99. The van der Waals surface area contributed by atoms with Crippen LogP contribution in [0.4, 0.5) is 0 Å². The number of aromatic nitrogens is 2. The van der Waals surface area contributed by atoms with E-state index >= 15 is 0 Å². The summed E-state index contributed by atoms with van der Waals surface area (Å²) < 4.78 is 0. The molecule has 0 fully saturated rings. The zero-order valence-electron chi connectivity index (χ0n) is 13.5. The molecule has 0 aromatic carbocycles. The minimum atomic E-state index is 0.222. The van der Waals surface area contributed by atoms with Gasteiger partial charge in [-0.25, -0.2) is 0 Å². The highest BCUT2D eigenvalue weighted by molar-refractivity contribution is 6.40. The van der Waals surface area contributed by atoms with Crippen molar-refractivity contribution in [3.8, 4) is 0 Å². The lowest BCUT2D eigenvalue weighted by Crippen LogP contribution is -2.16. The summed E-state index contributed by atoms with van der Waals surface area (Å²) >= 11 is 0. The van der Waals surface area contributed by atoms with Crippen molar-refractivity contribution >= 4 is 23.1 Å². The van der Waals surface area contributed by atoms with E-state index in [1.54, 1.807) is 50.5 Å². The molecule has 0 saturated carbocycles. The Morgan fingerprint density at radius 2 is 1.12 bits per heavy atom. The fraction of sp³-hybridized carbons (Fsp3) is 0.125. The summed E-state index contributed by atoms with van der Waals surface area (Å²) in [6, 6.07) is 10.7. The number of hydrogen-bond acceptors (Lipinski definition) is 6. The van der Waals surface area contributed by atoms with Gasteiger partial charge in [-0.3, -0.25) is 9.97 Å². The molecule has 0 atom stereocenters. The van der Waals surface area contributed by atoms with Crippen LogP contribution in [0.1, 0.15) is 25.2 Å². The van der Waals surface area contributed by atoms with Crippen LogP contribution in [-0.4, -0.2) is 33.1 Å². The quantitative estimate of drug-likeness (QED) is 0.489. The van der Waals surface area contributed by atoms with E-state index in [1.807, 2.05) is 12.1 Å². The Kier molecular flexibility index (Phi) is 5.84. The van der Waals surface area contributed by atoms with Crippen LogP contribution in [0.3, 0.4) is 0 Å². The van der Waals surface area contributed by atoms with Crippen molar-refractivity contribution in [3.63, 3.8) is 0 Å². The van der Waals surface area contributed by atoms with Crippen LogP contribution in [0.25, 0.3) is 0 Å². The maximum Gasteiger partial charge on any atom is 0.171 e. The van der Waals surface area contributed by atoms with E-state index in [-0.39, 0.29) is 11.7 Å². The van der Waals surface area contributed by atoms with E-state index in [1.165, 1.54) is 0 Å². The molecule has 0 saturated heterocycles. The molecule has 2 heterocycles. The van der Waals surface area contributed by atoms with E-state index in [9.17, 15) is 0 Å². The molecule has 2 aromatic rings. The van der Waals surface area contributed by atoms with Crippen molar-refractivity contribution in [2.45, 2.75) is 13.8 Å². The second-order valence-corrected chi connectivity index (χ2v) is 4.77. The summed E-state index contributed by atoms with van der Waals surface area (Å²) in [5.41, 5.74) is 13.9. The fourth-order valence-electron chi connectivity index (χ4n) is 1.53. The second-order valence-electron chi connectivity index (χ2n) is 4.77. The first-order valence-electron chi connectivity index (χ1n) is 7.16. The first-order chi connectivity index (χ1) is 11.6. The van der Waals surface area contributed by atoms with Crippen LogP contribution in [0.2, 0.25) is 0 Å². The molecule has 0 radical (unpaired) electrons. The Morgan fingerprint density at radius 3 is 1.46 bits per heavy atom. The minimum Gasteiger partial charge on any atom is -0.380 e. The molecule has 0 aliphatic carbocycles.